The Labute approximate surface area is 123 Å². The Morgan fingerprint density at radius 2 is 1.80 bits per heavy atom. The van der Waals surface area contributed by atoms with Crippen molar-refractivity contribution < 1.29 is 4.74 Å². The zero-order chi connectivity index (χ0) is 15.1. The molecule has 0 aliphatic rings. The first kappa shape index (κ1) is 16.7. The van der Waals surface area contributed by atoms with Gasteiger partial charge in [-0.15, -0.1) is 0 Å². The normalized spacial score (nSPS) is 12.8. The number of nitrogens with two attached hydrogens (primary N) is 1. The van der Waals surface area contributed by atoms with E-state index in [-0.39, 0.29) is 6.10 Å². The number of nitrogen functional groups attached to an aromatic ring is 1. The predicted molar refractivity (Wildman–Crippen MR) is 88.4 cm³/mol. The smallest absolute Gasteiger partial charge is 0.144 e. The molecule has 1 atom stereocenters. The minimum absolute atomic E-state index is 0.135. The summed E-state index contributed by atoms with van der Waals surface area (Å²) in [5.74, 6) is 1.54. The van der Waals surface area contributed by atoms with E-state index in [4.69, 9.17) is 10.5 Å². The summed E-state index contributed by atoms with van der Waals surface area (Å²) >= 11 is 0. The summed E-state index contributed by atoms with van der Waals surface area (Å²) in [6.07, 6.45) is 3.81. The van der Waals surface area contributed by atoms with Crippen LogP contribution in [-0.4, -0.2) is 12.1 Å². The first-order valence-electron chi connectivity index (χ1n) is 7.71. The molecule has 3 heteroatoms. The number of anilines is 2. The third-order valence-electron chi connectivity index (χ3n) is 3.25. The molecular weight excluding hydrogens is 248 g/mol. The van der Waals surface area contributed by atoms with Crippen molar-refractivity contribution in [3.63, 3.8) is 0 Å². The van der Waals surface area contributed by atoms with Crippen molar-refractivity contribution in [2.24, 2.45) is 5.92 Å². The molecule has 3 nitrogen and oxygen atoms in total. The average Bonchev–Trinajstić information content (AvgIpc) is 2.33. The van der Waals surface area contributed by atoms with E-state index in [9.17, 15) is 0 Å². The minimum Gasteiger partial charge on any atom is -0.489 e. The molecule has 0 amide bonds. The molecule has 114 valence electrons. The van der Waals surface area contributed by atoms with Gasteiger partial charge in [0.1, 0.15) is 5.75 Å². The molecule has 1 aromatic rings. The van der Waals surface area contributed by atoms with Gasteiger partial charge in [-0.3, -0.25) is 0 Å². The Bertz CT molecular complexity index is 402. The Kier molecular flexibility index (Phi) is 6.69. The van der Waals surface area contributed by atoms with Crippen LogP contribution in [0.3, 0.4) is 0 Å². The maximum Gasteiger partial charge on any atom is 0.144 e. The Morgan fingerprint density at radius 3 is 2.40 bits per heavy atom. The lowest BCUT2D eigenvalue weighted by Gasteiger charge is -2.19. The van der Waals surface area contributed by atoms with Crippen LogP contribution in [-0.2, 0) is 0 Å². The van der Waals surface area contributed by atoms with Crippen molar-refractivity contribution in [1.82, 2.24) is 0 Å². The summed E-state index contributed by atoms with van der Waals surface area (Å²) in [6, 6.07) is 6.34. The molecule has 0 bridgehead atoms. The zero-order valence-corrected chi connectivity index (χ0v) is 13.6. The lowest BCUT2D eigenvalue weighted by Crippen LogP contribution is -2.17. The highest BCUT2D eigenvalue weighted by molar-refractivity contribution is 5.73. The van der Waals surface area contributed by atoms with Crippen molar-refractivity contribution in [2.45, 2.75) is 66.0 Å². The van der Waals surface area contributed by atoms with E-state index < -0.39 is 0 Å². The van der Waals surface area contributed by atoms with Crippen molar-refractivity contribution in [3.05, 3.63) is 18.2 Å². The molecule has 0 spiro atoms. The second-order valence-corrected chi connectivity index (χ2v) is 6.25. The van der Waals surface area contributed by atoms with Gasteiger partial charge in [0, 0.05) is 6.04 Å². The SMILES string of the molecule is CC(C)CCCC(C)Nc1cccc(OC(C)C)c1N. The summed E-state index contributed by atoms with van der Waals surface area (Å²) in [4.78, 5) is 0. The average molecular weight is 278 g/mol. The van der Waals surface area contributed by atoms with Gasteiger partial charge in [-0.2, -0.15) is 0 Å². The van der Waals surface area contributed by atoms with Crippen LogP contribution in [0.1, 0.15) is 53.9 Å². The number of para-hydroxylation sites is 1. The number of rotatable bonds is 8. The van der Waals surface area contributed by atoms with E-state index in [1.165, 1.54) is 12.8 Å². The molecular formula is C17H30N2O. The van der Waals surface area contributed by atoms with Gasteiger partial charge in [0.05, 0.1) is 17.5 Å². The highest BCUT2D eigenvalue weighted by Gasteiger charge is 2.10. The van der Waals surface area contributed by atoms with Gasteiger partial charge >= 0.3 is 0 Å². The van der Waals surface area contributed by atoms with E-state index >= 15 is 0 Å². The van der Waals surface area contributed by atoms with Gasteiger partial charge in [0.2, 0.25) is 0 Å². The standard InChI is InChI=1S/C17H30N2O/c1-12(2)8-6-9-14(5)19-15-10-7-11-16(17(15)18)20-13(3)4/h7,10-14,19H,6,8-9,18H2,1-5H3. The maximum atomic E-state index is 6.17. The molecule has 1 aromatic carbocycles. The highest BCUT2D eigenvalue weighted by atomic mass is 16.5. The maximum absolute atomic E-state index is 6.17. The third kappa shape index (κ3) is 5.72. The van der Waals surface area contributed by atoms with Crippen LogP contribution in [0.25, 0.3) is 0 Å². The van der Waals surface area contributed by atoms with E-state index in [1.807, 2.05) is 32.0 Å². The molecule has 1 rings (SSSR count). The van der Waals surface area contributed by atoms with Gasteiger partial charge in [-0.1, -0.05) is 32.8 Å². The van der Waals surface area contributed by atoms with E-state index in [2.05, 4.69) is 26.1 Å². The first-order valence-corrected chi connectivity index (χ1v) is 7.71. The van der Waals surface area contributed by atoms with Crippen molar-refractivity contribution >= 4 is 11.4 Å². The predicted octanol–water partition coefficient (Wildman–Crippen LogP) is 4.68. The highest BCUT2D eigenvalue weighted by Crippen LogP contribution is 2.30. The van der Waals surface area contributed by atoms with Gasteiger partial charge < -0.3 is 15.8 Å². The van der Waals surface area contributed by atoms with Crippen LogP contribution in [0.5, 0.6) is 5.75 Å². The number of hydrogen-bond acceptors (Lipinski definition) is 3. The molecule has 0 saturated heterocycles. The first-order chi connectivity index (χ1) is 9.40. The molecule has 20 heavy (non-hydrogen) atoms. The van der Waals surface area contributed by atoms with Gasteiger partial charge in [-0.25, -0.2) is 0 Å². The summed E-state index contributed by atoms with van der Waals surface area (Å²) in [7, 11) is 0. The van der Waals surface area contributed by atoms with Crippen molar-refractivity contribution in [2.75, 3.05) is 11.1 Å². The number of benzene rings is 1. The molecule has 0 fully saturated rings. The summed E-state index contributed by atoms with van der Waals surface area (Å²) in [5, 5.41) is 3.49. The molecule has 0 saturated carbocycles. The van der Waals surface area contributed by atoms with Gasteiger partial charge in [0.25, 0.3) is 0 Å². The Morgan fingerprint density at radius 1 is 1.10 bits per heavy atom. The van der Waals surface area contributed by atoms with Crippen molar-refractivity contribution in [1.29, 1.82) is 0 Å². The monoisotopic (exact) mass is 278 g/mol. The fourth-order valence-corrected chi connectivity index (χ4v) is 2.20. The topological polar surface area (TPSA) is 47.3 Å². The number of hydrogen-bond donors (Lipinski definition) is 2. The largest absolute Gasteiger partial charge is 0.489 e. The Hall–Kier alpha value is -1.38. The lowest BCUT2D eigenvalue weighted by molar-refractivity contribution is 0.244. The van der Waals surface area contributed by atoms with Gasteiger partial charge in [0.15, 0.2) is 0 Å². The van der Waals surface area contributed by atoms with E-state index in [0.717, 1.165) is 23.8 Å². The van der Waals surface area contributed by atoms with Crippen LogP contribution in [0.15, 0.2) is 18.2 Å². The molecule has 0 aliphatic heterocycles. The lowest BCUT2D eigenvalue weighted by atomic mass is 10.0. The molecule has 0 aromatic heterocycles. The van der Waals surface area contributed by atoms with E-state index in [1.54, 1.807) is 0 Å². The minimum atomic E-state index is 0.135. The quantitative estimate of drug-likeness (QED) is 0.679. The third-order valence-corrected chi connectivity index (χ3v) is 3.25. The van der Waals surface area contributed by atoms with Crippen molar-refractivity contribution in [3.8, 4) is 5.75 Å². The van der Waals surface area contributed by atoms with Crippen LogP contribution in [0.4, 0.5) is 11.4 Å². The fourth-order valence-electron chi connectivity index (χ4n) is 2.20. The zero-order valence-electron chi connectivity index (χ0n) is 13.6. The fraction of sp³-hybridized carbons (Fsp3) is 0.647. The van der Waals surface area contributed by atoms with Crippen LogP contribution in [0, 0.1) is 5.92 Å². The second kappa shape index (κ2) is 8.03. The summed E-state index contributed by atoms with van der Waals surface area (Å²) < 4.78 is 5.71. The molecule has 1 unspecified atom stereocenters. The number of nitrogens with one attached hydrogen (secondary N) is 1. The number of ether oxygens (including phenoxy) is 1. The van der Waals surface area contributed by atoms with Crippen LogP contribution >= 0.6 is 0 Å². The van der Waals surface area contributed by atoms with Crippen LogP contribution < -0.4 is 15.8 Å². The molecule has 0 heterocycles. The summed E-state index contributed by atoms with van der Waals surface area (Å²) in [5.41, 5.74) is 7.85. The molecule has 0 radical (unpaired) electrons. The Balaban J connectivity index is 2.58. The van der Waals surface area contributed by atoms with Gasteiger partial charge in [-0.05, 0) is 45.2 Å². The molecule has 3 N–H and O–H groups in total. The second-order valence-electron chi connectivity index (χ2n) is 6.25. The molecule has 0 aliphatic carbocycles. The van der Waals surface area contributed by atoms with Crippen LogP contribution in [0.2, 0.25) is 0 Å². The van der Waals surface area contributed by atoms with E-state index in [0.29, 0.717) is 11.7 Å². The summed E-state index contributed by atoms with van der Waals surface area (Å²) in [6.45, 7) is 10.8.